The number of hydrogen-bond acceptors (Lipinski definition) is 4. The first kappa shape index (κ1) is 22.6. The van der Waals surface area contributed by atoms with Crippen LogP contribution >= 0.6 is 34.8 Å². The third-order valence-corrected chi connectivity index (χ3v) is 6.40. The van der Waals surface area contributed by atoms with Crippen molar-refractivity contribution in [3.63, 3.8) is 0 Å². The van der Waals surface area contributed by atoms with Gasteiger partial charge < -0.3 is 15.0 Å². The molecule has 0 radical (unpaired) electrons. The van der Waals surface area contributed by atoms with E-state index < -0.39 is 20.9 Å². The number of piperidine rings is 2. The molecule has 0 bridgehead atoms. The summed E-state index contributed by atoms with van der Waals surface area (Å²) in [5.41, 5.74) is 0.117. The minimum absolute atomic E-state index is 0.104. The normalized spacial score (nSPS) is 25.7. The fraction of sp³-hybridized carbons (Fsp3) is 0.632. The molecule has 160 valence electrons. The predicted molar refractivity (Wildman–Crippen MR) is 112 cm³/mol. The molecule has 3 rings (SSSR count). The van der Waals surface area contributed by atoms with Crippen LogP contribution in [0, 0.1) is 16.0 Å². The van der Waals surface area contributed by atoms with Crippen LogP contribution in [-0.2, 0) is 4.74 Å². The minimum Gasteiger partial charge on any atom is -0.353 e. The van der Waals surface area contributed by atoms with Gasteiger partial charge in [0.1, 0.15) is 0 Å². The van der Waals surface area contributed by atoms with Crippen molar-refractivity contribution in [1.82, 2.24) is 5.32 Å². The van der Waals surface area contributed by atoms with Crippen LogP contribution in [0.25, 0.3) is 0 Å². The molecule has 2 fully saturated rings. The van der Waals surface area contributed by atoms with Crippen LogP contribution in [0.5, 0.6) is 0 Å². The van der Waals surface area contributed by atoms with Gasteiger partial charge in [-0.05, 0) is 44.2 Å². The number of nitrogens with zero attached hydrogens (tertiary/aromatic N) is 1. The van der Waals surface area contributed by atoms with E-state index in [4.69, 9.17) is 39.5 Å². The zero-order valence-corrected chi connectivity index (χ0v) is 18.2. The molecule has 1 aromatic rings. The number of rotatable bonds is 6. The lowest BCUT2D eigenvalue weighted by atomic mass is 9.84. The highest BCUT2D eigenvalue weighted by atomic mass is 35.6. The molecule has 4 atom stereocenters. The molecule has 10 heteroatoms. The number of benzene rings is 1. The number of nitro benzene ring substituents is 1. The number of nitrogens with one attached hydrogen (secondary N) is 2. The van der Waals surface area contributed by atoms with Crippen molar-refractivity contribution in [1.29, 1.82) is 0 Å². The average Bonchev–Trinajstić information content (AvgIpc) is 2.70. The summed E-state index contributed by atoms with van der Waals surface area (Å²) in [7, 11) is 0. The molecule has 0 aliphatic carbocycles. The van der Waals surface area contributed by atoms with Crippen LogP contribution in [0.3, 0.4) is 0 Å². The summed E-state index contributed by atoms with van der Waals surface area (Å²) in [4.78, 5) is 24.4. The monoisotopic (exact) mass is 464 g/mol. The SMILES string of the molecule is O=C(N[C@H](OC[C@H]1CCC[NH+]2CCCC[C@@H]12)C(Cl)(Cl)Cl)c1ccc([N+](=O)[O-])cc1. The molecule has 0 spiro atoms. The molecule has 2 aliphatic heterocycles. The van der Waals surface area contributed by atoms with Crippen LogP contribution in [0.2, 0.25) is 0 Å². The van der Waals surface area contributed by atoms with Crippen molar-refractivity contribution in [2.75, 3.05) is 19.7 Å². The zero-order valence-electron chi connectivity index (χ0n) is 15.9. The van der Waals surface area contributed by atoms with Gasteiger partial charge in [-0.25, -0.2) is 0 Å². The lowest BCUT2D eigenvalue weighted by Crippen LogP contribution is -3.18. The number of ether oxygens (including phenoxy) is 1. The van der Waals surface area contributed by atoms with Gasteiger partial charge in [0, 0.05) is 23.6 Å². The van der Waals surface area contributed by atoms with Gasteiger partial charge in [-0.2, -0.15) is 0 Å². The quantitative estimate of drug-likeness (QED) is 0.293. The summed E-state index contributed by atoms with van der Waals surface area (Å²) < 4.78 is 4.06. The molecule has 0 aromatic heterocycles. The van der Waals surface area contributed by atoms with Crippen molar-refractivity contribution in [2.24, 2.45) is 5.92 Å². The third-order valence-electron chi connectivity index (χ3n) is 5.81. The summed E-state index contributed by atoms with van der Waals surface area (Å²) >= 11 is 18.1. The number of fused-ring (bicyclic) bond motifs is 1. The number of halogens is 3. The third kappa shape index (κ3) is 5.95. The summed E-state index contributed by atoms with van der Waals surface area (Å²) in [5, 5.41) is 13.4. The Morgan fingerprint density at radius 3 is 2.55 bits per heavy atom. The number of nitro groups is 1. The summed E-state index contributed by atoms with van der Waals surface area (Å²) in [6, 6.07) is 5.77. The summed E-state index contributed by atoms with van der Waals surface area (Å²) in [6.45, 7) is 2.81. The zero-order chi connectivity index (χ0) is 21.0. The van der Waals surface area contributed by atoms with Gasteiger partial charge in [0.2, 0.25) is 3.79 Å². The molecule has 7 nitrogen and oxygen atoms in total. The Hall–Kier alpha value is -1.12. The molecule has 2 aliphatic rings. The standard InChI is InChI=1S/C19H24Cl3N3O4/c20-19(21,22)18(23-17(26)13-6-8-15(9-7-13)25(27)28)29-12-14-4-3-11-24-10-2-1-5-16(14)24/h6-9,14,16,18H,1-5,10-12H2,(H,23,26)/p+1/t14-,16+,18-/m1/s1. The minimum atomic E-state index is -1.84. The van der Waals surface area contributed by atoms with Crippen LogP contribution in [0.4, 0.5) is 5.69 Å². The van der Waals surface area contributed by atoms with Gasteiger partial charge in [-0.1, -0.05) is 34.8 Å². The number of carbonyl (C=O) groups is 1. The van der Waals surface area contributed by atoms with Gasteiger partial charge >= 0.3 is 0 Å². The van der Waals surface area contributed by atoms with Crippen molar-refractivity contribution in [3.05, 3.63) is 39.9 Å². The first-order valence-electron chi connectivity index (χ1n) is 9.84. The van der Waals surface area contributed by atoms with E-state index in [-0.39, 0.29) is 11.3 Å². The molecule has 2 heterocycles. The second kappa shape index (κ2) is 9.79. The number of carbonyl (C=O) groups excluding carboxylic acids is 1. The van der Waals surface area contributed by atoms with Crippen molar-refractivity contribution in [3.8, 4) is 0 Å². The maximum absolute atomic E-state index is 12.5. The fourth-order valence-corrected chi connectivity index (χ4v) is 4.70. The number of quaternary nitrogens is 1. The van der Waals surface area contributed by atoms with Gasteiger partial charge in [-0.15, -0.1) is 0 Å². The van der Waals surface area contributed by atoms with E-state index in [1.165, 1.54) is 56.6 Å². The summed E-state index contributed by atoms with van der Waals surface area (Å²) in [5.74, 6) is -0.157. The van der Waals surface area contributed by atoms with E-state index in [0.717, 1.165) is 12.8 Å². The highest BCUT2D eigenvalue weighted by Crippen LogP contribution is 2.32. The fourth-order valence-electron chi connectivity index (χ4n) is 4.35. The van der Waals surface area contributed by atoms with Crippen LogP contribution in [0.15, 0.2) is 24.3 Å². The first-order valence-corrected chi connectivity index (χ1v) is 11.0. The van der Waals surface area contributed by atoms with Crippen molar-refractivity contribution in [2.45, 2.75) is 48.2 Å². The molecule has 0 saturated carbocycles. The Bertz CT molecular complexity index is 724. The smallest absolute Gasteiger partial charge is 0.269 e. The number of hydrogen-bond donors (Lipinski definition) is 2. The van der Waals surface area contributed by atoms with E-state index in [9.17, 15) is 14.9 Å². The predicted octanol–water partition coefficient (Wildman–Crippen LogP) is 2.88. The number of alkyl halides is 3. The number of amides is 1. The Balaban J connectivity index is 1.62. The molecule has 29 heavy (non-hydrogen) atoms. The van der Waals surface area contributed by atoms with Gasteiger partial charge in [0.15, 0.2) is 6.23 Å². The van der Waals surface area contributed by atoms with Crippen molar-refractivity contribution < 1.29 is 19.4 Å². The van der Waals surface area contributed by atoms with E-state index in [0.29, 0.717) is 18.6 Å². The van der Waals surface area contributed by atoms with Crippen molar-refractivity contribution >= 4 is 46.4 Å². The second-order valence-corrected chi connectivity index (χ2v) is 10.1. The first-order chi connectivity index (χ1) is 13.8. The molecular formula is C19H25Cl3N3O4+. The van der Waals surface area contributed by atoms with Crippen LogP contribution < -0.4 is 10.2 Å². The van der Waals surface area contributed by atoms with E-state index in [1.54, 1.807) is 4.90 Å². The van der Waals surface area contributed by atoms with E-state index in [1.807, 2.05) is 0 Å². The topological polar surface area (TPSA) is 85.9 Å². The lowest BCUT2D eigenvalue weighted by Gasteiger charge is -2.41. The Morgan fingerprint density at radius 2 is 1.90 bits per heavy atom. The molecule has 1 aromatic carbocycles. The molecule has 1 amide bonds. The van der Waals surface area contributed by atoms with E-state index >= 15 is 0 Å². The van der Waals surface area contributed by atoms with Gasteiger partial charge in [-0.3, -0.25) is 14.9 Å². The van der Waals surface area contributed by atoms with Crippen LogP contribution in [0.1, 0.15) is 42.5 Å². The molecular weight excluding hydrogens is 441 g/mol. The van der Waals surface area contributed by atoms with Crippen LogP contribution in [-0.4, -0.2) is 46.6 Å². The van der Waals surface area contributed by atoms with Gasteiger partial charge in [0.25, 0.3) is 11.6 Å². The second-order valence-electron chi connectivity index (χ2n) is 7.70. The number of non-ortho nitro benzene ring substituents is 1. The molecule has 1 unspecified atom stereocenters. The molecule has 2 saturated heterocycles. The summed E-state index contributed by atoms with van der Waals surface area (Å²) in [6.07, 6.45) is 4.77. The maximum Gasteiger partial charge on any atom is 0.269 e. The van der Waals surface area contributed by atoms with E-state index in [2.05, 4.69) is 5.32 Å². The highest BCUT2D eigenvalue weighted by molar-refractivity contribution is 6.68. The Labute approximate surface area is 184 Å². The maximum atomic E-state index is 12.5. The Morgan fingerprint density at radius 1 is 1.21 bits per heavy atom. The lowest BCUT2D eigenvalue weighted by molar-refractivity contribution is -0.940. The average molecular weight is 466 g/mol. The largest absolute Gasteiger partial charge is 0.353 e. The molecule has 2 N–H and O–H groups in total. The Kier molecular flexibility index (Phi) is 7.62. The highest BCUT2D eigenvalue weighted by Gasteiger charge is 2.40. The van der Waals surface area contributed by atoms with Gasteiger partial charge in [0.05, 0.1) is 30.7 Å².